The standard InChI is InChI=1S/C13H18N4O/c1-8(6-14)7-15-13(18)10-3-4-11-12(5-10)17-9(2)16-11/h3-5,8H,6-7,14H2,1-2H3,(H,15,18)(H,16,17). The van der Waals surface area contributed by atoms with Crippen LogP contribution in [0.5, 0.6) is 0 Å². The van der Waals surface area contributed by atoms with Crippen LogP contribution in [0.4, 0.5) is 0 Å². The van der Waals surface area contributed by atoms with Crippen LogP contribution in [0.15, 0.2) is 18.2 Å². The first kappa shape index (κ1) is 12.6. The maximum Gasteiger partial charge on any atom is 0.251 e. The van der Waals surface area contributed by atoms with Gasteiger partial charge < -0.3 is 16.0 Å². The van der Waals surface area contributed by atoms with Gasteiger partial charge in [0.1, 0.15) is 5.82 Å². The lowest BCUT2D eigenvalue weighted by molar-refractivity contribution is 0.0948. The van der Waals surface area contributed by atoms with Gasteiger partial charge in [0.15, 0.2) is 0 Å². The second-order valence-electron chi connectivity index (χ2n) is 4.61. The molecule has 0 saturated carbocycles. The van der Waals surface area contributed by atoms with E-state index in [-0.39, 0.29) is 11.8 Å². The molecule has 1 unspecified atom stereocenters. The molecule has 0 aliphatic heterocycles. The van der Waals surface area contributed by atoms with Crippen LogP contribution >= 0.6 is 0 Å². The number of aromatic nitrogens is 2. The highest BCUT2D eigenvalue weighted by Gasteiger charge is 2.09. The van der Waals surface area contributed by atoms with Gasteiger partial charge in [-0.15, -0.1) is 0 Å². The van der Waals surface area contributed by atoms with E-state index >= 15 is 0 Å². The van der Waals surface area contributed by atoms with Gasteiger partial charge >= 0.3 is 0 Å². The molecule has 0 radical (unpaired) electrons. The fraction of sp³-hybridized carbons (Fsp3) is 0.385. The Morgan fingerprint density at radius 1 is 1.56 bits per heavy atom. The molecular formula is C13H18N4O. The summed E-state index contributed by atoms with van der Waals surface area (Å²) in [5.41, 5.74) is 7.90. The van der Waals surface area contributed by atoms with Crippen LogP contribution in [0.1, 0.15) is 23.1 Å². The van der Waals surface area contributed by atoms with Gasteiger partial charge in [-0.2, -0.15) is 0 Å². The van der Waals surface area contributed by atoms with Crippen molar-refractivity contribution in [3.8, 4) is 0 Å². The van der Waals surface area contributed by atoms with E-state index in [1.54, 1.807) is 6.07 Å². The number of carbonyl (C=O) groups excluding carboxylic acids is 1. The Morgan fingerprint density at radius 2 is 2.33 bits per heavy atom. The monoisotopic (exact) mass is 246 g/mol. The summed E-state index contributed by atoms with van der Waals surface area (Å²) >= 11 is 0. The van der Waals surface area contributed by atoms with Crippen LogP contribution in [0.25, 0.3) is 11.0 Å². The summed E-state index contributed by atoms with van der Waals surface area (Å²) in [6, 6.07) is 5.45. The molecule has 1 atom stereocenters. The van der Waals surface area contributed by atoms with Crippen LogP contribution in [-0.2, 0) is 0 Å². The lowest BCUT2D eigenvalue weighted by Crippen LogP contribution is -2.31. The number of amides is 1. The molecule has 2 rings (SSSR count). The molecule has 1 heterocycles. The second kappa shape index (κ2) is 5.18. The van der Waals surface area contributed by atoms with E-state index < -0.39 is 0 Å². The van der Waals surface area contributed by atoms with Crippen LogP contribution in [0, 0.1) is 12.8 Å². The fourth-order valence-corrected chi connectivity index (χ4v) is 1.73. The van der Waals surface area contributed by atoms with Gasteiger partial charge in [-0.25, -0.2) is 4.98 Å². The number of imidazole rings is 1. The quantitative estimate of drug-likeness (QED) is 0.757. The molecule has 0 saturated heterocycles. The van der Waals surface area contributed by atoms with Crippen molar-refractivity contribution in [2.45, 2.75) is 13.8 Å². The minimum absolute atomic E-state index is 0.0792. The highest BCUT2D eigenvalue weighted by Crippen LogP contribution is 2.13. The second-order valence-corrected chi connectivity index (χ2v) is 4.61. The number of nitrogens with zero attached hydrogens (tertiary/aromatic N) is 1. The minimum atomic E-state index is -0.0792. The van der Waals surface area contributed by atoms with Gasteiger partial charge in [0.25, 0.3) is 5.91 Å². The van der Waals surface area contributed by atoms with Gasteiger partial charge in [-0.05, 0) is 37.6 Å². The first-order valence-electron chi connectivity index (χ1n) is 6.05. The van der Waals surface area contributed by atoms with Gasteiger partial charge in [-0.3, -0.25) is 4.79 Å². The molecule has 5 heteroatoms. The summed E-state index contributed by atoms with van der Waals surface area (Å²) in [5.74, 6) is 1.05. The molecule has 5 nitrogen and oxygen atoms in total. The van der Waals surface area contributed by atoms with Crippen molar-refractivity contribution in [1.29, 1.82) is 0 Å². The number of H-pyrrole nitrogens is 1. The van der Waals surface area contributed by atoms with Crippen molar-refractivity contribution in [2.75, 3.05) is 13.1 Å². The summed E-state index contributed by atoms with van der Waals surface area (Å²) in [6.45, 7) is 5.05. The zero-order valence-electron chi connectivity index (χ0n) is 10.7. The first-order valence-corrected chi connectivity index (χ1v) is 6.05. The molecule has 96 valence electrons. The third-order valence-corrected chi connectivity index (χ3v) is 2.88. The Hall–Kier alpha value is -1.88. The van der Waals surface area contributed by atoms with Gasteiger partial charge in [0.05, 0.1) is 11.0 Å². The highest BCUT2D eigenvalue weighted by molar-refractivity contribution is 5.97. The Labute approximate surface area is 106 Å². The van der Waals surface area contributed by atoms with E-state index in [1.165, 1.54) is 0 Å². The van der Waals surface area contributed by atoms with Gasteiger partial charge in [0.2, 0.25) is 0 Å². The molecule has 1 aromatic heterocycles. The first-order chi connectivity index (χ1) is 8.60. The zero-order valence-corrected chi connectivity index (χ0v) is 10.7. The van der Waals surface area contributed by atoms with E-state index in [1.807, 2.05) is 26.0 Å². The van der Waals surface area contributed by atoms with Crippen molar-refractivity contribution in [1.82, 2.24) is 15.3 Å². The molecule has 0 bridgehead atoms. The summed E-state index contributed by atoms with van der Waals surface area (Å²) in [7, 11) is 0. The number of aromatic amines is 1. The number of aryl methyl sites for hydroxylation is 1. The fourth-order valence-electron chi connectivity index (χ4n) is 1.73. The predicted molar refractivity (Wildman–Crippen MR) is 71.4 cm³/mol. The number of hydrogen-bond donors (Lipinski definition) is 3. The Bertz CT molecular complexity index is 561. The summed E-state index contributed by atoms with van der Waals surface area (Å²) < 4.78 is 0. The topological polar surface area (TPSA) is 83.8 Å². The van der Waals surface area contributed by atoms with Crippen LogP contribution in [-0.4, -0.2) is 29.0 Å². The van der Waals surface area contributed by atoms with E-state index in [0.29, 0.717) is 18.7 Å². The van der Waals surface area contributed by atoms with Crippen molar-refractivity contribution in [2.24, 2.45) is 11.7 Å². The number of hydrogen-bond acceptors (Lipinski definition) is 3. The van der Waals surface area contributed by atoms with Gasteiger partial charge in [-0.1, -0.05) is 6.92 Å². The Balaban J connectivity index is 2.12. The zero-order chi connectivity index (χ0) is 13.1. The smallest absolute Gasteiger partial charge is 0.251 e. The SMILES string of the molecule is Cc1nc2ccc(C(=O)NCC(C)CN)cc2[nH]1. The Kier molecular flexibility index (Phi) is 3.62. The largest absolute Gasteiger partial charge is 0.352 e. The normalized spacial score (nSPS) is 12.6. The van der Waals surface area contributed by atoms with E-state index in [2.05, 4.69) is 15.3 Å². The number of nitrogens with one attached hydrogen (secondary N) is 2. The molecule has 1 aromatic carbocycles. The number of carbonyl (C=O) groups is 1. The van der Waals surface area contributed by atoms with Gasteiger partial charge in [0, 0.05) is 12.1 Å². The average Bonchev–Trinajstić information content (AvgIpc) is 2.74. The van der Waals surface area contributed by atoms with Crippen molar-refractivity contribution in [3.63, 3.8) is 0 Å². The number of benzene rings is 1. The molecule has 0 aliphatic carbocycles. The number of rotatable bonds is 4. The maximum absolute atomic E-state index is 11.9. The third kappa shape index (κ3) is 2.68. The number of fused-ring (bicyclic) bond motifs is 1. The molecular weight excluding hydrogens is 228 g/mol. The number of nitrogens with two attached hydrogens (primary N) is 1. The molecule has 0 spiro atoms. The average molecular weight is 246 g/mol. The van der Waals surface area contributed by atoms with Crippen LogP contribution < -0.4 is 11.1 Å². The molecule has 0 aliphatic rings. The predicted octanol–water partition coefficient (Wildman–Crippen LogP) is 1.20. The maximum atomic E-state index is 11.9. The van der Waals surface area contributed by atoms with Crippen LogP contribution in [0.3, 0.4) is 0 Å². The van der Waals surface area contributed by atoms with E-state index in [0.717, 1.165) is 16.9 Å². The van der Waals surface area contributed by atoms with E-state index in [4.69, 9.17) is 5.73 Å². The van der Waals surface area contributed by atoms with Crippen LogP contribution in [0.2, 0.25) is 0 Å². The lowest BCUT2D eigenvalue weighted by Gasteiger charge is -2.09. The molecule has 18 heavy (non-hydrogen) atoms. The van der Waals surface area contributed by atoms with E-state index in [9.17, 15) is 4.79 Å². The molecule has 2 aromatic rings. The summed E-state index contributed by atoms with van der Waals surface area (Å²) in [5, 5.41) is 2.87. The Morgan fingerprint density at radius 3 is 3.06 bits per heavy atom. The lowest BCUT2D eigenvalue weighted by atomic mass is 10.1. The van der Waals surface area contributed by atoms with Crippen molar-refractivity contribution >= 4 is 16.9 Å². The molecule has 4 N–H and O–H groups in total. The summed E-state index contributed by atoms with van der Waals surface area (Å²) in [4.78, 5) is 19.3. The van der Waals surface area contributed by atoms with Crippen molar-refractivity contribution in [3.05, 3.63) is 29.6 Å². The third-order valence-electron chi connectivity index (χ3n) is 2.88. The minimum Gasteiger partial charge on any atom is -0.352 e. The summed E-state index contributed by atoms with van der Waals surface area (Å²) in [6.07, 6.45) is 0. The van der Waals surface area contributed by atoms with Crippen molar-refractivity contribution < 1.29 is 4.79 Å². The molecule has 1 amide bonds. The highest BCUT2D eigenvalue weighted by atomic mass is 16.1. The molecule has 0 fully saturated rings.